The number of ether oxygens (including phenoxy) is 2. The number of para-hydroxylation sites is 1. The number of carbonyl (C=O) groups is 4. The van der Waals surface area contributed by atoms with E-state index in [0.717, 1.165) is 0 Å². The zero-order valence-electron chi connectivity index (χ0n) is 22.9. The van der Waals surface area contributed by atoms with Crippen molar-refractivity contribution in [3.8, 4) is 11.6 Å². The maximum Gasteiger partial charge on any atom is 0.409 e. The number of hydrogen-bond donors (Lipinski definition) is 2. The molecule has 1 saturated heterocycles. The zero-order valence-corrected chi connectivity index (χ0v) is 22.9. The van der Waals surface area contributed by atoms with E-state index in [4.69, 9.17) is 9.47 Å². The van der Waals surface area contributed by atoms with Crippen molar-refractivity contribution in [2.75, 3.05) is 32.8 Å². The van der Waals surface area contributed by atoms with Crippen molar-refractivity contribution in [2.24, 2.45) is 0 Å². The quantitative estimate of drug-likeness (QED) is 0.459. The number of hydrogen-bond acceptors (Lipinski definition) is 8. The van der Waals surface area contributed by atoms with Gasteiger partial charge in [-0.05, 0) is 52.7 Å². The summed E-state index contributed by atoms with van der Waals surface area (Å²) in [6.07, 6.45) is 0.142. The van der Waals surface area contributed by atoms with Crippen molar-refractivity contribution in [3.05, 3.63) is 42.1 Å². The average molecular weight is 544 g/mol. The Morgan fingerprint density at radius 1 is 1.05 bits per heavy atom. The number of aromatic nitrogens is 2. The molecule has 0 bridgehead atoms. The van der Waals surface area contributed by atoms with Gasteiger partial charge < -0.3 is 29.7 Å². The first-order valence-electron chi connectivity index (χ1n) is 13.1. The van der Waals surface area contributed by atoms with E-state index in [9.17, 15) is 24.3 Å². The van der Waals surface area contributed by atoms with E-state index in [1.54, 1.807) is 56.9 Å². The standard InChI is InChI=1S/C27H37N5O7/c1-5-38-26(37)31-16-14-30(15-17-31)25(36)20(12-9-13-23(34)39-27(2,3)4)28-24(35)21-18-22(33)32(29-21)19-10-7-6-8-11-19/h6-8,10-11,18,20,33H,5,9,12-17H2,1-4H3,(H,28,35)/t20-/m0/s1. The predicted molar refractivity (Wildman–Crippen MR) is 141 cm³/mol. The lowest BCUT2D eigenvalue weighted by Crippen LogP contribution is -2.56. The Labute approximate surface area is 227 Å². The third-order valence-electron chi connectivity index (χ3n) is 5.94. The summed E-state index contributed by atoms with van der Waals surface area (Å²) in [7, 11) is 0. The minimum absolute atomic E-state index is 0.0616. The number of rotatable bonds is 9. The number of aromatic hydroxyl groups is 1. The smallest absolute Gasteiger partial charge is 0.409 e. The van der Waals surface area contributed by atoms with Gasteiger partial charge in [0.15, 0.2) is 5.69 Å². The van der Waals surface area contributed by atoms with Gasteiger partial charge in [0, 0.05) is 38.7 Å². The van der Waals surface area contributed by atoms with E-state index >= 15 is 0 Å². The maximum atomic E-state index is 13.5. The van der Waals surface area contributed by atoms with E-state index in [-0.39, 0.29) is 50.0 Å². The second-order valence-corrected chi connectivity index (χ2v) is 10.2. The van der Waals surface area contributed by atoms with Crippen LogP contribution in [0.4, 0.5) is 4.79 Å². The van der Waals surface area contributed by atoms with E-state index < -0.39 is 29.6 Å². The third-order valence-corrected chi connectivity index (χ3v) is 5.94. The molecule has 2 aromatic rings. The molecule has 1 aromatic carbocycles. The van der Waals surface area contributed by atoms with Crippen LogP contribution >= 0.6 is 0 Å². The highest BCUT2D eigenvalue weighted by Crippen LogP contribution is 2.19. The molecule has 1 fully saturated rings. The molecule has 0 spiro atoms. The Morgan fingerprint density at radius 3 is 2.31 bits per heavy atom. The molecule has 39 heavy (non-hydrogen) atoms. The molecule has 212 valence electrons. The van der Waals surface area contributed by atoms with Gasteiger partial charge in [-0.2, -0.15) is 5.10 Å². The lowest BCUT2D eigenvalue weighted by Gasteiger charge is -2.36. The minimum Gasteiger partial charge on any atom is -0.493 e. The van der Waals surface area contributed by atoms with Crippen LogP contribution in [-0.4, -0.2) is 93.0 Å². The topological polar surface area (TPSA) is 143 Å². The highest BCUT2D eigenvalue weighted by molar-refractivity contribution is 5.96. The van der Waals surface area contributed by atoms with Gasteiger partial charge in [0.2, 0.25) is 11.8 Å². The summed E-state index contributed by atoms with van der Waals surface area (Å²) in [6, 6.07) is 9.10. The van der Waals surface area contributed by atoms with Crippen molar-refractivity contribution in [1.82, 2.24) is 24.9 Å². The fourth-order valence-electron chi connectivity index (χ4n) is 4.12. The Kier molecular flexibility index (Phi) is 9.91. The number of piperazine rings is 1. The minimum atomic E-state index is -0.946. The second kappa shape index (κ2) is 13.1. The zero-order chi connectivity index (χ0) is 28.6. The van der Waals surface area contributed by atoms with Gasteiger partial charge in [0.1, 0.15) is 11.6 Å². The van der Waals surface area contributed by atoms with Gasteiger partial charge in [-0.3, -0.25) is 14.4 Å². The highest BCUT2D eigenvalue weighted by atomic mass is 16.6. The van der Waals surface area contributed by atoms with Crippen LogP contribution in [0.25, 0.3) is 5.69 Å². The first kappa shape index (κ1) is 29.5. The molecular formula is C27H37N5O7. The molecule has 3 rings (SSSR count). The van der Waals surface area contributed by atoms with Gasteiger partial charge in [-0.25, -0.2) is 9.48 Å². The Hall–Kier alpha value is -4.09. The predicted octanol–water partition coefficient (Wildman–Crippen LogP) is 2.49. The molecule has 0 saturated carbocycles. The van der Waals surface area contributed by atoms with Crippen molar-refractivity contribution >= 4 is 23.9 Å². The fourth-order valence-corrected chi connectivity index (χ4v) is 4.12. The summed E-state index contributed by atoms with van der Waals surface area (Å²) < 4.78 is 11.6. The number of amides is 3. The lowest BCUT2D eigenvalue weighted by atomic mass is 10.1. The van der Waals surface area contributed by atoms with Crippen LogP contribution in [0.15, 0.2) is 36.4 Å². The number of nitrogens with one attached hydrogen (secondary N) is 1. The van der Waals surface area contributed by atoms with Gasteiger partial charge >= 0.3 is 12.1 Å². The van der Waals surface area contributed by atoms with Crippen LogP contribution in [-0.2, 0) is 19.1 Å². The Balaban J connectivity index is 1.70. The summed E-state index contributed by atoms with van der Waals surface area (Å²) in [5.74, 6) is -1.59. The van der Waals surface area contributed by atoms with Crippen LogP contribution in [0, 0.1) is 0 Å². The SMILES string of the molecule is CCOC(=O)N1CCN(C(=O)[C@H](CCCC(=O)OC(C)(C)C)NC(=O)c2cc(O)n(-c3ccccc3)n2)CC1. The largest absolute Gasteiger partial charge is 0.493 e. The molecule has 2 N–H and O–H groups in total. The van der Waals surface area contributed by atoms with Gasteiger partial charge in [-0.1, -0.05) is 18.2 Å². The van der Waals surface area contributed by atoms with E-state index in [1.807, 2.05) is 6.07 Å². The molecular weight excluding hydrogens is 506 g/mol. The van der Waals surface area contributed by atoms with Crippen LogP contribution in [0.3, 0.4) is 0 Å². The van der Waals surface area contributed by atoms with E-state index in [2.05, 4.69) is 10.4 Å². The molecule has 3 amide bonds. The van der Waals surface area contributed by atoms with Crippen LogP contribution in [0.5, 0.6) is 5.88 Å². The van der Waals surface area contributed by atoms with Crippen LogP contribution in [0.1, 0.15) is 57.4 Å². The van der Waals surface area contributed by atoms with E-state index in [0.29, 0.717) is 25.2 Å². The molecule has 1 aliphatic rings. The van der Waals surface area contributed by atoms with Gasteiger partial charge in [0.05, 0.1) is 12.3 Å². The molecule has 12 heteroatoms. The molecule has 0 aliphatic carbocycles. The molecule has 0 unspecified atom stereocenters. The normalized spacial score (nSPS) is 14.5. The lowest BCUT2D eigenvalue weighted by molar-refractivity contribution is -0.155. The number of carbonyl (C=O) groups excluding carboxylic acids is 4. The highest BCUT2D eigenvalue weighted by Gasteiger charge is 2.31. The Bertz CT molecular complexity index is 1150. The second-order valence-electron chi connectivity index (χ2n) is 10.2. The first-order chi connectivity index (χ1) is 18.5. The molecule has 0 radical (unpaired) electrons. The van der Waals surface area contributed by atoms with Crippen molar-refractivity contribution in [3.63, 3.8) is 0 Å². The van der Waals surface area contributed by atoms with Gasteiger partial charge in [-0.15, -0.1) is 0 Å². The van der Waals surface area contributed by atoms with Crippen LogP contribution in [0.2, 0.25) is 0 Å². The molecule has 1 aliphatic heterocycles. The third kappa shape index (κ3) is 8.45. The molecule has 1 atom stereocenters. The fraction of sp³-hybridized carbons (Fsp3) is 0.519. The van der Waals surface area contributed by atoms with Crippen molar-refractivity contribution < 1.29 is 33.8 Å². The number of nitrogens with zero attached hydrogens (tertiary/aromatic N) is 4. The molecule has 2 heterocycles. The van der Waals surface area contributed by atoms with Crippen molar-refractivity contribution in [1.29, 1.82) is 0 Å². The summed E-state index contributed by atoms with van der Waals surface area (Å²) in [6.45, 7) is 8.48. The van der Waals surface area contributed by atoms with Gasteiger partial charge in [0.25, 0.3) is 5.91 Å². The van der Waals surface area contributed by atoms with Crippen molar-refractivity contribution in [2.45, 2.75) is 58.6 Å². The molecule has 12 nitrogen and oxygen atoms in total. The average Bonchev–Trinajstić information content (AvgIpc) is 3.29. The Morgan fingerprint density at radius 2 is 1.69 bits per heavy atom. The summed E-state index contributed by atoms with van der Waals surface area (Å²) >= 11 is 0. The maximum absolute atomic E-state index is 13.5. The van der Waals surface area contributed by atoms with Crippen LogP contribution < -0.4 is 5.32 Å². The summed E-state index contributed by atoms with van der Waals surface area (Å²) in [5, 5.41) is 17.3. The molecule has 1 aromatic heterocycles. The monoisotopic (exact) mass is 543 g/mol. The number of benzene rings is 1. The number of esters is 1. The first-order valence-corrected chi connectivity index (χ1v) is 13.1. The summed E-state index contributed by atoms with van der Waals surface area (Å²) in [5.41, 5.74) is -0.120. The summed E-state index contributed by atoms with van der Waals surface area (Å²) in [4.78, 5) is 53.9. The van der Waals surface area contributed by atoms with E-state index in [1.165, 1.54) is 15.6 Å².